The highest BCUT2D eigenvalue weighted by Crippen LogP contribution is 2.29. The van der Waals surface area contributed by atoms with E-state index in [1.165, 1.54) is 23.0 Å². The second-order valence-electron chi connectivity index (χ2n) is 5.47. The molecule has 2 N–H and O–H groups in total. The number of nitrogens with zero attached hydrogens (tertiary/aromatic N) is 3. The molecule has 1 saturated carbocycles. The van der Waals surface area contributed by atoms with Crippen molar-refractivity contribution in [2.45, 2.75) is 25.9 Å². The Balaban J connectivity index is 1.46. The van der Waals surface area contributed by atoms with Crippen LogP contribution in [0, 0.1) is 11.7 Å². The first kappa shape index (κ1) is 15.1. The number of anilines is 1. The molecule has 120 valence electrons. The van der Waals surface area contributed by atoms with E-state index in [0.29, 0.717) is 12.4 Å². The van der Waals surface area contributed by atoms with Gasteiger partial charge in [0.1, 0.15) is 12.4 Å². The Kier molecular flexibility index (Phi) is 4.31. The molecule has 7 nitrogen and oxygen atoms in total. The van der Waals surface area contributed by atoms with Gasteiger partial charge in [0.2, 0.25) is 11.8 Å². The molecule has 0 aliphatic heterocycles. The van der Waals surface area contributed by atoms with Crippen molar-refractivity contribution in [3.63, 3.8) is 0 Å². The number of benzene rings is 1. The zero-order valence-electron chi connectivity index (χ0n) is 12.3. The van der Waals surface area contributed by atoms with Gasteiger partial charge in [-0.15, -0.1) is 5.10 Å². The molecule has 23 heavy (non-hydrogen) atoms. The van der Waals surface area contributed by atoms with Crippen molar-refractivity contribution in [1.82, 2.24) is 20.3 Å². The topological polar surface area (TPSA) is 88.9 Å². The number of carbonyl (C=O) groups is 2. The summed E-state index contributed by atoms with van der Waals surface area (Å²) in [5.41, 5.74) is 0.802. The average molecular weight is 317 g/mol. The van der Waals surface area contributed by atoms with Gasteiger partial charge >= 0.3 is 0 Å². The summed E-state index contributed by atoms with van der Waals surface area (Å²) in [4.78, 5) is 23.4. The number of hydrogen-bond acceptors (Lipinski definition) is 4. The van der Waals surface area contributed by atoms with Crippen LogP contribution in [0.4, 0.5) is 10.2 Å². The van der Waals surface area contributed by atoms with E-state index < -0.39 is 0 Å². The van der Waals surface area contributed by atoms with Gasteiger partial charge in [-0.2, -0.15) is 0 Å². The van der Waals surface area contributed by atoms with Gasteiger partial charge in [-0.1, -0.05) is 17.3 Å². The second kappa shape index (κ2) is 6.55. The molecule has 1 heterocycles. The molecule has 3 rings (SSSR count). The Bertz CT molecular complexity index is 709. The maximum absolute atomic E-state index is 12.8. The lowest BCUT2D eigenvalue weighted by Crippen LogP contribution is -2.27. The zero-order valence-corrected chi connectivity index (χ0v) is 12.3. The highest BCUT2D eigenvalue weighted by atomic mass is 19.1. The van der Waals surface area contributed by atoms with Crippen LogP contribution in [0.2, 0.25) is 0 Å². The van der Waals surface area contributed by atoms with Crippen molar-refractivity contribution in [3.8, 4) is 0 Å². The number of rotatable bonds is 6. The van der Waals surface area contributed by atoms with Gasteiger partial charge in [0.25, 0.3) is 0 Å². The first-order valence-electron chi connectivity index (χ1n) is 7.32. The van der Waals surface area contributed by atoms with E-state index in [1.807, 2.05) is 0 Å². The molecular formula is C15H16FN5O2. The number of nitrogens with one attached hydrogen (secondary N) is 2. The summed E-state index contributed by atoms with van der Waals surface area (Å²) in [5.74, 6) is -0.201. The van der Waals surface area contributed by atoms with Crippen LogP contribution < -0.4 is 10.6 Å². The quantitative estimate of drug-likeness (QED) is 0.834. The summed E-state index contributed by atoms with van der Waals surface area (Å²) in [7, 11) is 0. The van der Waals surface area contributed by atoms with E-state index in [1.54, 1.807) is 12.1 Å². The Morgan fingerprint density at radius 3 is 2.70 bits per heavy atom. The van der Waals surface area contributed by atoms with Crippen LogP contribution in [0.25, 0.3) is 0 Å². The van der Waals surface area contributed by atoms with Crippen LogP contribution in [-0.2, 0) is 22.7 Å². The lowest BCUT2D eigenvalue weighted by atomic mass is 10.2. The van der Waals surface area contributed by atoms with Crippen LogP contribution in [0.3, 0.4) is 0 Å². The summed E-state index contributed by atoms with van der Waals surface area (Å²) in [5, 5.41) is 13.0. The normalized spacial score (nSPS) is 13.6. The molecule has 0 spiro atoms. The zero-order chi connectivity index (χ0) is 16.2. The number of amides is 2. The molecule has 1 fully saturated rings. The molecule has 1 aliphatic rings. The molecular weight excluding hydrogens is 301 g/mol. The maximum Gasteiger partial charge on any atom is 0.242 e. The Labute approximate surface area is 131 Å². The molecule has 2 amide bonds. The summed E-state index contributed by atoms with van der Waals surface area (Å²) < 4.78 is 14.1. The van der Waals surface area contributed by atoms with Gasteiger partial charge in [-0.25, -0.2) is 9.07 Å². The third-order valence-electron chi connectivity index (χ3n) is 3.45. The van der Waals surface area contributed by atoms with Gasteiger partial charge in [-0.3, -0.25) is 9.59 Å². The van der Waals surface area contributed by atoms with Gasteiger partial charge in [0, 0.05) is 12.5 Å². The summed E-state index contributed by atoms with van der Waals surface area (Å²) in [6, 6.07) is 5.90. The van der Waals surface area contributed by atoms with E-state index in [9.17, 15) is 14.0 Å². The Hall–Kier alpha value is -2.77. The van der Waals surface area contributed by atoms with Crippen LogP contribution in [0.5, 0.6) is 0 Å². The lowest BCUT2D eigenvalue weighted by molar-refractivity contribution is -0.122. The summed E-state index contributed by atoms with van der Waals surface area (Å²) >= 11 is 0. The molecule has 8 heteroatoms. The molecule has 1 aromatic heterocycles. The van der Waals surface area contributed by atoms with Crippen LogP contribution >= 0.6 is 0 Å². The molecule has 0 saturated heterocycles. The minimum atomic E-state index is -0.316. The number of hydrogen-bond donors (Lipinski definition) is 2. The van der Waals surface area contributed by atoms with E-state index in [-0.39, 0.29) is 30.1 Å². The van der Waals surface area contributed by atoms with Gasteiger partial charge in [0.15, 0.2) is 5.82 Å². The first-order valence-corrected chi connectivity index (χ1v) is 7.32. The first-order chi connectivity index (χ1) is 11.1. The fraction of sp³-hybridized carbons (Fsp3) is 0.333. The number of halogens is 1. The molecule has 0 radical (unpaired) electrons. The number of carbonyl (C=O) groups excluding carboxylic acids is 2. The van der Waals surface area contributed by atoms with Crippen LogP contribution in [0.15, 0.2) is 30.5 Å². The van der Waals surface area contributed by atoms with E-state index in [4.69, 9.17) is 0 Å². The second-order valence-corrected chi connectivity index (χ2v) is 5.47. The van der Waals surface area contributed by atoms with E-state index in [2.05, 4.69) is 20.9 Å². The minimum absolute atomic E-state index is 0.00645. The van der Waals surface area contributed by atoms with Crippen molar-refractivity contribution in [2.75, 3.05) is 5.32 Å². The van der Waals surface area contributed by atoms with Crippen LogP contribution in [0.1, 0.15) is 18.4 Å². The minimum Gasteiger partial charge on any atom is -0.350 e. The third-order valence-corrected chi connectivity index (χ3v) is 3.45. The van der Waals surface area contributed by atoms with Crippen molar-refractivity contribution in [2.24, 2.45) is 5.92 Å². The van der Waals surface area contributed by atoms with Gasteiger partial charge in [-0.05, 0) is 30.5 Å². The Morgan fingerprint density at radius 2 is 2.00 bits per heavy atom. The van der Waals surface area contributed by atoms with Gasteiger partial charge in [0.05, 0.1) is 6.20 Å². The van der Waals surface area contributed by atoms with Crippen LogP contribution in [-0.4, -0.2) is 26.8 Å². The highest BCUT2D eigenvalue weighted by molar-refractivity contribution is 5.93. The van der Waals surface area contributed by atoms with Crippen molar-refractivity contribution >= 4 is 17.6 Å². The summed E-state index contributed by atoms with van der Waals surface area (Å²) in [6.07, 6.45) is 3.33. The lowest BCUT2D eigenvalue weighted by Gasteiger charge is -2.05. The number of aromatic nitrogens is 3. The predicted molar refractivity (Wildman–Crippen MR) is 79.6 cm³/mol. The molecule has 0 unspecified atom stereocenters. The third kappa shape index (κ3) is 4.35. The molecule has 2 aromatic rings. The SMILES string of the molecule is O=C(Cn1cc(NC(=O)C2CC2)nn1)NCc1ccc(F)cc1. The molecule has 0 atom stereocenters. The smallest absolute Gasteiger partial charge is 0.242 e. The van der Waals surface area contributed by atoms with Crippen molar-refractivity contribution in [3.05, 3.63) is 41.8 Å². The Morgan fingerprint density at radius 1 is 1.26 bits per heavy atom. The fourth-order valence-electron chi connectivity index (χ4n) is 2.01. The molecule has 0 bridgehead atoms. The standard InChI is InChI=1S/C15H16FN5O2/c16-12-5-1-10(2-6-12)7-17-14(22)9-21-8-13(19-20-21)18-15(23)11-3-4-11/h1-2,5-6,8,11H,3-4,7,9H2,(H,17,22)(H,18,23). The van der Waals surface area contributed by atoms with Crippen molar-refractivity contribution < 1.29 is 14.0 Å². The molecule has 1 aromatic carbocycles. The average Bonchev–Trinajstić information content (AvgIpc) is 3.30. The fourth-order valence-corrected chi connectivity index (χ4v) is 2.01. The molecule has 1 aliphatic carbocycles. The monoisotopic (exact) mass is 317 g/mol. The summed E-state index contributed by atoms with van der Waals surface area (Å²) in [6.45, 7) is 0.298. The van der Waals surface area contributed by atoms with E-state index in [0.717, 1.165) is 18.4 Å². The highest BCUT2D eigenvalue weighted by Gasteiger charge is 2.30. The van der Waals surface area contributed by atoms with Gasteiger partial charge < -0.3 is 10.6 Å². The van der Waals surface area contributed by atoms with E-state index >= 15 is 0 Å². The largest absolute Gasteiger partial charge is 0.350 e. The maximum atomic E-state index is 12.8. The van der Waals surface area contributed by atoms with Crippen molar-refractivity contribution in [1.29, 1.82) is 0 Å². The predicted octanol–water partition coefficient (Wildman–Crippen LogP) is 1.08.